The number of nitrogens with two attached hydrogens (primary N) is 1. The highest BCUT2D eigenvalue weighted by molar-refractivity contribution is 7.12. The number of primary amides is 1. The summed E-state index contributed by atoms with van der Waals surface area (Å²) in [6.45, 7) is -0.288. The maximum atomic E-state index is 13.0. The van der Waals surface area contributed by atoms with Crippen molar-refractivity contribution in [2.24, 2.45) is 10.8 Å². The van der Waals surface area contributed by atoms with Crippen LogP contribution in [0.3, 0.4) is 0 Å². The van der Waals surface area contributed by atoms with Gasteiger partial charge in [0, 0.05) is 16.3 Å². The van der Waals surface area contributed by atoms with Gasteiger partial charge in [0.05, 0.1) is 22.2 Å². The van der Waals surface area contributed by atoms with Crippen LogP contribution in [0.15, 0.2) is 58.3 Å². The molecule has 1 aliphatic heterocycles. The molecule has 0 saturated carbocycles. The summed E-state index contributed by atoms with van der Waals surface area (Å²) >= 11 is 9.15. The molecule has 148 valence electrons. The molecule has 0 fully saturated rings. The number of carbonyl (C=O) groups is 2. The van der Waals surface area contributed by atoms with Crippen molar-refractivity contribution in [3.63, 3.8) is 0 Å². The maximum absolute atomic E-state index is 13.0. The van der Waals surface area contributed by atoms with E-state index in [-0.39, 0.29) is 29.9 Å². The summed E-state index contributed by atoms with van der Waals surface area (Å²) in [5.74, 6) is -0.794. The van der Waals surface area contributed by atoms with Gasteiger partial charge in [0.1, 0.15) is 5.75 Å². The van der Waals surface area contributed by atoms with Crippen LogP contribution in [0.25, 0.3) is 0 Å². The second kappa shape index (κ2) is 8.36. The summed E-state index contributed by atoms with van der Waals surface area (Å²) in [4.78, 5) is 26.6. The average Bonchev–Trinajstić information content (AvgIpc) is 3.46. The van der Waals surface area contributed by atoms with E-state index in [0.29, 0.717) is 11.4 Å². The molecule has 0 radical (unpaired) electrons. The van der Waals surface area contributed by atoms with Crippen LogP contribution in [0, 0.1) is 0 Å². The van der Waals surface area contributed by atoms with Crippen molar-refractivity contribution in [2.75, 3.05) is 6.61 Å². The van der Waals surface area contributed by atoms with E-state index >= 15 is 0 Å². The van der Waals surface area contributed by atoms with Gasteiger partial charge in [-0.2, -0.15) is 5.10 Å². The summed E-state index contributed by atoms with van der Waals surface area (Å²) in [6.07, 6.45) is 0.635. The molecule has 2 amide bonds. The molecule has 1 aliphatic rings. The van der Waals surface area contributed by atoms with E-state index in [1.54, 1.807) is 28.7 Å². The second-order valence-electron chi connectivity index (χ2n) is 6.29. The van der Waals surface area contributed by atoms with E-state index < -0.39 is 5.91 Å². The van der Waals surface area contributed by atoms with Crippen LogP contribution in [-0.4, -0.2) is 29.1 Å². The van der Waals surface area contributed by atoms with Gasteiger partial charge < -0.3 is 10.5 Å². The Bertz CT molecular complexity index is 1060. The summed E-state index contributed by atoms with van der Waals surface area (Å²) in [6, 6.07) is 12.2. The highest BCUT2D eigenvalue weighted by atomic mass is 35.5. The molecule has 2 aromatic heterocycles. The zero-order valence-corrected chi connectivity index (χ0v) is 17.5. The molecule has 0 aliphatic carbocycles. The largest absolute Gasteiger partial charge is 0.483 e. The third-order valence-corrected chi connectivity index (χ3v) is 6.53. The Balaban J connectivity index is 1.56. The van der Waals surface area contributed by atoms with Crippen molar-refractivity contribution in [2.45, 2.75) is 12.5 Å². The van der Waals surface area contributed by atoms with Crippen molar-refractivity contribution in [1.29, 1.82) is 0 Å². The number of amides is 2. The fourth-order valence-electron chi connectivity index (χ4n) is 3.06. The van der Waals surface area contributed by atoms with Crippen LogP contribution in [0.4, 0.5) is 0 Å². The van der Waals surface area contributed by atoms with Gasteiger partial charge in [0.2, 0.25) is 0 Å². The molecule has 4 rings (SSSR count). The summed E-state index contributed by atoms with van der Waals surface area (Å²) in [7, 11) is 0. The second-order valence-corrected chi connectivity index (χ2v) is 8.65. The molecule has 0 saturated heterocycles. The Morgan fingerprint density at radius 1 is 1.21 bits per heavy atom. The number of benzene rings is 1. The van der Waals surface area contributed by atoms with Crippen LogP contribution in [-0.2, 0) is 4.79 Å². The number of halogens is 1. The Labute approximate surface area is 180 Å². The lowest BCUT2D eigenvalue weighted by molar-refractivity contribution is -0.135. The van der Waals surface area contributed by atoms with Gasteiger partial charge in [0.15, 0.2) is 6.61 Å². The highest BCUT2D eigenvalue weighted by Gasteiger charge is 2.34. The third-order valence-electron chi connectivity index (χ3n) is 4.40. The molecule has 2 N–H and O–H groups in total. The van der Waals surface area contributed by atoms with Crippen molar-refractivity contribution in [1.82, 2.24) is 5.01 Å². The number of hydrazone groups is 1. The quantitative estimate of drug-likeness (QED) is 0.613. The monoisotopic (exact) mass is 445 g/mol. The molecule has 3 heterocycles. The van der Waals surface area contributed by atoms with E-state index in [1.807, 2.05) is 35.0 Å². The van der Waals surface area contributed by atoms with Gasteiger partial charge in [0.25, 0.3) is 11.8 Å². The molecular weight excluding hydrogens is 430 g/mol. The van der Waals surface area contributed by atoms with E-state index in [1.165, 1.54) is 17.1 Å². The SMILES string of the molecule is NC(=O)c1ccc(Cl)cc1OCC(=O)N1N=C(c2cccs2)CC1c1cccs1. The minimum Gasteiger partial charge on any atom is -0.483 e. The lowest BCUT2D eigenvalue weighted by Gasteiger charge is -2.21. The number of ether oxygens (including phenoxy) is 1. The fraction of sp³-hybridized carbons (Fsp3) is 0.150. The fourth-order valence-corrected chi connectivity index (χ4v) is 4.75. The van der Waals surface area contributed by atoms with Gasteiger partial charge in [-0.25, -0.2) is 5.01 Å². The van der Waals surface area contributed by atoms with Gasteiger partial charge in [-0.3, -0.25) is 9.59 Å². The molecule has 1 atom stereocenters. The number of nitrogens with zero attached hydrogens (tertiary/aromatic N) is 2. The molecule has 6 nitrogen and oxygen atoms in total. The zero-order valence-electron chi connectivity index (χ0n) is 15.1. The number of rotatable bonds is 6. The van der Waals surface area contributed by atoms with Crippen molar-refractivity contribution < 1.29 is 14.3 Å². The van der Waals surface area contributed by atoms with Crippen molar-refractivity contribution >= 4 is 51.8 Å². The lowest BCUT2D eigenvalue weighted by atomic mass is 10.1. The minimum atomic E-state index is -0.653. The Hall–Kier alpha value is -2.68. The summed E-state index contributed by atoms with van der Waals surface area (Å²) in [5.41, 5.74) is 6.41. The van der Waals surface area contributed by atoms with Gasteiger partial charge in [-0.1, -0.05) is 23.7 Å². The van der Waals surface area contributed by atoms with Crippen LogP contribution in [0.2, 0.25) is 5.02 Å². The molecule has 29 heavy (non-hydrogen) atoms. The topological polar surface area (TPSA) is 85.0 Å². The molecule has 0 bridgehead atoms. The van der Waals surface area contributed by atoms with E-state index in [2.05, 4.69) is 5.10 Å². The Morgan fingerprint density at radius 3 is 2.69 bits per heavy atom. The van der Waals surface area contributed by atoms with Gasteiger partial charge in [-0.15, -0.1) is 22.7 Å². The van der Waals surface area contributed by atoms with Crippen LogP contribution in [0.1, 0.15) is 32.6 Å². The molecule has 1 aromatic carbocycles. The first-order valence-corrected chi connectivity index (χ1v) is 10.9. The van der Waals surface area contributed by atoms with E-state index in [4.69, 9.17) is 22.1 Å². The van der Waals surface area contributed by atoms with Gasteiger partial charge >= 0.3 is 0 Å². The predicted octanol–water partition coefficient (Wildman–Crippen LogP) is 4.32. The standard InChI is InChI=1S/C20H16ClN3O3S2/c21-12-5-6-13(20(22)26)16(9-12)27-11-19(25)24-15(18-4-2-8-29-18)10-14(23-24)17-3-1-7-28-17/h1-9,15H,10-11H2,(H2,22,26). The minimum absolute atomic E-state index is 0.168. The van der Waals surface area contributed by atoms with E-state index in [0.717, 1.165) is 15.5 Å². The van der Waals surface area contributed by atoms with Crippen LogP contribution >= 0.6 is 34.3 Å². The first kappa shape index (κ1) is 19.6. The normalized spacial score (nSPS) is 16.0. The molecule has 0 spiro atoms. The number of hydrogen-bond donors (Lipinski definition) is 1. The first-order chi connectivity index (χ1) is 14.0. The Kier molecular flexibility index (Phi) is 5.66. The highest BCUT2D eigenvalue weighted by Crippen LogP contribution is 2.36. The number of carbonyl (C=O) groups excluding carboxylic acids is 2. The summed E-state index contributed by atoms with van der Waals surface area (Å²) in [5, 5.41) is 10.4. The number of thiophene rings is 2. The number of hydrogen-bond acceptors (Lipinski definition) is 6. The van der Waals surface area contributed by atoms with Crippen molar-refractivity contribution in [3.8, 4) is 5.75 Å². The van der Waals surface area contributed by atoms with Crippen LogP contribution in [0.5, 0.6) is 5.75 Å². The first-order valence-electron chi connectivity index (χ1n) is 8.72. The van der Waals surface area contributed by atoms with Crippen molar-refractivity contribution in [3.05, 3.63) is 73.6 Å². The maximum Gasteiger partial charge on any atom is 0.281 e. The third kappa shape index (κ3) is 4.19. The molecular formula is C20H16ClN3O3S2. The molecule has 3 aromatic rings. The van der Waals surface area contributed by atoms with Crippen LogP contribution < -0.4 is 10.5 Å². The molecule has 1 unspecified atom stereocenters. The van der Waals surface area contributed by atoms with Gasteiger partial charge in [-0.05, 0) is 41.1 Å². The lowest BCUT2D eigenvalue weighted by Crippen LogP contribution is -2.31. The summed E-state index contributed by atoms with van der Waals surface area (Å²) < 4.78 is 5.61. The van der Waals surface area contributed by atoms with E-state index in [9.17, 15) is 9.59 Å². The Morgan fingerprint density at radius 2 is 2.00 bits per heavy atom. The molecule has 9 heteroatoms. The predicted molar refractivity (Wildman–Crippen MR) is 115 cm³/mol. The smallest absolute Gasteiger partial charge is 0.281 e. The zero-order chi connectivity index (χ0) is 20.4. The average molecular weight is 446 g/mol.